The van der Waals surface area contributed by atoms with Crippen molar-refractivity contribution in [3.05, 3.63) is 0 Å². The Hall–Kier alpha value is -0.660. The molecule has 3 N–H and O–H groups in total. The lowest BCUT2D eigenvalue weighted by molar-refractivity contribution is -0.123. The van der Waals surface area contributed by atoms with Gasteiger partial charge in [0.25, 0.3) is 0 Å². The largest absolute Gasteiger partial charge is 0.383 e. The van der Waals surface area contributed by atoms with Crippen LogP contribution in [0.25, 0.3) is 0 Å². The molecule has 0 aliphatic rings. The molecule has 0 radical (unpaired) electrons. The van der Waals surface area contributed by atoms with E-state index in [2.05, 4.69) is 5.32 Å². The van der Waals surface area contributed by atoms with E-state index in [9.17, 15) is 13.2 Å². The second kappa shape index (κ2) is 5.60. The van der Waals surface area contributed by atoms with Gasteiger partial charge in [0.15, 0.2) is 9.84 Å². The third-order valence-electron chi connectivity index (χ3n) is 2.46. The minimum atomic E-state index is -3.46. The highest BCUT2D eigenvalue weighted by Gasteiger charge is 2.39. The number of sulfone groups is 1. The second-order valence-corrected chi connectivity index (χ2v) is 6.71. The lowest BCUT2D eigenvalue weighted by Gasteiger charge is -2.25. The highest BCUT2D eigenvalue weighted by atomic mass is 32.2. The molecule has 0 heterocycles. The van der Waals surface area contributed by atoms with Gasteiger partial charge in [0.1, 0.15) is 4.75 Å². The number of nitrogens with two attached hydrogens (primary N) is 1. The van der Waals surface area contributed by atoms with Gasteiger partial charge in [-0.1, -0.05) is 0 Å². The fraction of sp³-hybridized carbons (Fsp3) is 0.889. The Morgan fingerprint density at radius 2 is 2.00 bits per heavy atom. The molecule has 7 heteroatoms. The predicted molar refractivity (Wildman–Crippen MR) is 61.8 cm³/mol. The summed E-state index contributed by atoms with van der Waals surface area (Å²) in [6, 6.07) is -0.376. The Balaban J connectivity index is 4.69. The van der Waals surface area contributed by atoms with Gasteiger partial charge >= 0.3 is 0 Å². The molecule has 0 aliphatic carbocycles. The molecule has 0 rings (SSSR count). The third-order valence-corrected chi connectivity index (χ3v) is 4.50. The maximum Gasteiger partial charge on any atom is 0.241 e. The Morgan fingerprint density at radius 1 is 1.50 bits per heavy atom. The topological polar surface area (TPSA) is 98.5 Å². The van der Waals surface area contributed by atoms with Crippen molar-refractivity contribution >= 4 is 15.7 Å². The standard InChI is InChI=1S/C9H20N2O4S/c1-9(2,16(4,13)14)8(12)11-7(5-10)6-15-3/h7H,5-6,10H2,1-4H3,(H,11,12). The molecule has 1 amide bonds. The number of rotatable bonds is 6. The van der Waals surface area contributed by atoms with Crippen LogP contribution in [0.3, 0.4) is 0 Å². The van der Waals surface area contributed by atoms with Gasteiger partial charge in [-0.3, -0.25) is 4.79 Å². The number of amides is 1. The van der Waals surface area contributed by atoms with Crippen LogP contribution in [0.5, 0.6) is 0 Å². The molecule has 96 valence electrons. The van der Waals surface area contributed by atoms with Gasteiger partial charge in [-0.25, -0.2) is 8.42 Å². The van der Waals surface area contributed by atoms with E-state index in [4.69, 9.17) is 10.5 Å². The first-order chi connectivity index (χ1) is 7.16. The first-order valence-corrected chi connectivity index (χ1v) is 6.75. The summed E-state index contributed by atoms with van der Waals surface area (Å²) < 4.78 is 26.2. The van der Waals surface area contributed by atoms with Crippen molar-refractivity contribution in [3.63, 3.8) is 0 Å². The molecule has 0 spiro atoms. The minimum absolute atomic E-state index is 0.194. The Labute approximate surface area is 96.4 Å². The zero-order valence-corrected chi connectivity index (χ0v) is 10.9. The maximum atomic E-state index is 11.8. The number of nitrogens with one attached hydrogen (secondary N) is 1. The van der Waals surface area contributed by atoms with Gasteiger partial charge < -0.3 is 15.8 Å². The molecular weight excluding hydrogens is 232 g/mol. The summed E-state index contributed by atoms with van der Waals surface area (Å²) in [7, 11) is -1.98. The van der Waals surface area contributed by atoms with Gasteiger partial charge in [0.2, 0.25) is 5.91 Å². The number of hydrogen-bond acceptors (Lipinski definition) is 5. The third kappa shape index (κ3) is 3.73. The molecule has 1 atom stereocenters. The summed E-state index contributed by atoms with van der Waals surface area (Å²) in [6.07, 6.45) is 1.03. The summed E-state index contributed by atoms with van der Waals surface area (Å²) in [5, 5.41) is 2.55. The van der Waals surface area contributed by atoms with E-state index in [0.29, 0.717) is 0 Å². The average Bonchev–Trinajstić information content (AvgIpc) is 2.15. The smallest absolute Gasteiger partial charge is 0.241 e. The molecule has 0 saturated carbocycles. The fourth-order valence-corrected chi connectivity index (χ4v) is 1.29. The molecule has 0 saturated heterocycles. The number of hydrogen-bond donors (Lipinski definition) is 2. The first kappa shape index (κ1) is 15.3. The van der Waals surface area contributed by atoms with Crippen molar-refractivity contribution in [2.45, 2.75) is 24.6 Å². The number of carbonyl (C=O) groups excluding carboxylic acids is 1. The minimum Gasteiger partial charge on any atom is -0.383 e. The lowest BCUT2D eigenvalue weighted by Crippen LogP contribution is -2.53. The fourth-order valence-electron chi connectivity index (χ4n) is 0.897. The second-order valence-electron chi connectivity index (χ2n) is 4.14. The Kier molecular flexibility index (Phi) is 5.37. The molecule has 0 aromatic heterocycles. The predicted octanol–water partition coefficient (Wildman–Crippen LogP) is -1.10. The van der Waals surface area contributed by atoms with Gasteiger partial charge in [-0.05, 0) is 13.8 Å². The van der Waals surface area contributed by atoms with E-state index in [0.717, 1.165) is 6.26 Å². The van der Waals surface area contributed by atoms with E-state index in [1.165, 1.54) is 21.0 Å². The summed E-state index contributed by atoms with van der Waals surface area (Å²) in [5.74, 6) is -0.567. The van der Waals surface area contributed by atoms with E-state index in [-0.39, 0.29) is 19.2 Å². The Morgan fingerprint density at radius 3 is 2.31 bits per heavy atom. The zero-order chi connectivity index (χ0) is 13.0. The summed E-state index contributed by atoms with van der Waals surface area (Å²) in [4.78, 5) is 11.8. The summed E-state index contributed by atoms with van der Waals surface area (Å²) >= 11 is 0. The van der Waals surface area contributed by atoms with Crippen molar-refractivity contribution in [2.24, 2.45) is 5.73 Å². The number of methoxy groups -OCH3 is 1. The average molecular weight is 252 g/mol. The van der Waals surface area contributed by atoms with Crippen molar-refractivity contribution in [2.75, 3.05) is 26.5 Å². The molecule has 1 unspecified atom stereocenters. The SMILES string of the molecule is COCC(CN)NC(=O)C(C)(C)S(C)(=O)=O. The van der Waals surface area contributed by atoms with Crippen LogP contribution in [0.1, 0.15) is 13.8 Å². The molecule has 0 bridgehead atoms. The molecule has 0 aromatic carbocycles. The van der Waals surface area contributed by atoms with Crippen LogP contribution in [0.15, 0.2) is 0 Å². The van der Waals surface area contributed by atoms with E-state index in [1.807, 2.05) is 0 Å². The highest BCUT2D eigenvalue weighted by molar-refractivity contribution is 7.92. The van der Waals surface area contributed by atoms with Crippen molar-refractivity contribution < 1.29 is 17.9 Å². The van der Waals surface area contributed by atoms with E-state index >= 15 is 0 Å². The highest BCUT2D eigenvalue weighted by Crippen LogP contribution is 2.15. The van der Waals surface area contributed by atoms with Crippen LogP contribution >= 0.6 is 0 Å². The molecule has 6 nitrogen and oxygen atoms in total. The molecule has 0 fully saturated rings. The van der Waals surface area contributed by atoms with Gasteiger partial charge in [0, 0.05) is 19.9 Å². The number of ether oxygens (including phenoxy) is 1. The molecule has 16 heavy (non-hydrogen) atoms. The van der Waals surface area contributed by atoms with Crippen LogP contribution in [-0.2, 0) is 19.4 Å². The van der Waals surface area contributed by atoms with Crippen LogP contribution < -0.4 is 11.1 Å². The normalized spacial score (nSPS) is 14.6. The van der Waals surface area contributed by atoms with Crippen LogP contribution in [-0.4, -0.2) is 51.6 Å². The van der Waals surface area contributed by atoms with E-state index in [1.54, 1.807) is 0 Å². The van der Waals surface area contributed by atoms with Gasteiger partial charge in [-0.15, -0.1) is 0 Å². The zero-order valence-electron chi connectivity index (χ0n) is 10.1. The summed E-state index contributed by atoms with van der Waals surface area (Å²) in [6.45, 7) is 3.16. The quantitative estimate of drug-likeness (QED) is 0.625. The summed E-state index contributed by atoms with van der Waals surface area (Å²) in [5.41, 5.74) is 5.42. The van der Waals surface area contributed by atoms with Crippen molar-refractivity contribution in [1.82, 2.24) is 5.32 Å². The van der Waals surface area contributed by atoms with Gasteiger partial charge in [0.05, 0.1) is 12.6 Å². The van der Waals surface area contributed by atoms with Crippen molar-refractivity contribution in [3.8, 4) is 0 Å². The lowest BCUT2D eigenvalue weighted by atomic mass is 10.1. The molecular formula is C9H20N2O4S. The van der Waals surface area contributed by atoms with Crippen LogP contribution in [0.4, 0.5) is 0 Å². The van der Waals surface area contributed by atoms with Crippen LogP contribution in [0, 0.1) is 0 Å². The number of carbonyl (C=O) groups is 1. The van der Waals surface area contributed by atoms with Crippen LogP contribution in [0.2, 0.25) is 0 Å². The maximum absolute atomic E-state index is 11.8. The van der Waals surface area contributed by atoms with E-state index < -0.39 is 20.5 Å². The Bertz CT molecular complexity index is 337. The molecule has 0 aromatic rings. The monoisotopic (exact) mass is 252 g/mol. The first-order valence-electron chi connectivity index (χ1n) is 4.86. The molecule has 0 aliphatic heterocycles. The van der Waals surface area contributed by atoms with Gasteiger partial charge in [-0.2, -0.15) is 0 Å². The van der Waals surface area contributed by atoms with Crippen molar-refractivity contribution in [1.29, 1.82) is 0 Å².